The largest absolute Gasteiger partial charge is 0.416 e. The Morgan fingerprint density at radius 2 is 1.80 bits per heavy atom. The molecule has 110 valence electrons. The second-order valence-corrected chi connectivity index (χ2v) is 7.67. The standard InChI is InChI=1S/C14H16F3NOS/c1-13(2,3)20(19)18-12-7-5-9-4-6-10(8-11(9)12)14(15,16)17/h4,6,8H,5,7H2,1-3H3/t20-/m0/s1. The first-order valence-electron chi connectivity index (χ1n) is 6.29. The minimum atomic E-state index is -4.37. The summed E-state index contributed by atoms with van der Waals surface area (Å²) in [5.74, 6) is 0. The lowest BCUT2D eigenvalue weighted by Gasteiger charge is -2.14. The number of nitrogens with zero attached hydrogens (tertiary/aromatic N) is 1. The van der Waals surface area contributed by atoms with Crippen molar-refractivity contribution in [2.45, 2.75) is 44.5 Å². The van der Waals surface area contributed by atoms with E-state index in [1.165, 1.54) is 6.07 Å². The maximum absolute atomic E-state index is 12.7. The van der Waals surface area contributed by atoms with Crippen LogP contribution in [0.25, 0.3) is 0 Å². The van der Waals surface area contributed by atoms with E-state index in [1.54, 1.807) is 20.8 Å². The van der Waals surface area contributed by atoms with Gasteiger partial charge < -0.3 is 0 Å². The molecular weight excluding hydrogens is 287 g/mol. The third-order valence-electron chi connectivity index (χ3n) is 3.10. The van der Waals surface area contributed by atoms with Crippen LogP contribution in [0.5, 0.6) is 0 Å². The van der Waals surface area contributed by atoms with Crippen LogP contribution < -0.4 is 0 Å². The lowest BCUT2D eigenvalue weighted by atomic mass is 10.1. The molecule has 0 unspecified atom stereocenters. The maximum atomic E-state index is 12.7. The highest BCUT2D eigenvalue weighted by atomic mass is 32.2. The minimum absolute atomic E-state index is 0.484. The number of benzene rings is 1. The summed E-state index contributed by atoms with van der Waals surface area (Å²) in [4.78, 5) is 0. The molecule has 6 heteroatoms. The summed E-state index contributed by atoms with van der Waals surface area (Å²) in [6.07, 6.45) is -3.18. The molecule has 2 rings (SSSR count). The zero-order valence-electron chi connectivity index (χ0n) is 11.5. The van der Waals surface area contributed by atoms with E-state index in [4.69, 9.17) is 0 Å². The smallest absolute Gasteiger partial charge is 0.234 e. The minimum Gasteiger partial charge on any atom is -0.234 e. The molecular formula is C14H16F3NOS. The summed E-state index contributed by atoms with van der Waals surface area (Å²) in [5.41, 5.74) is 1.15. The van der Waals surface area contributed by atoms with Crippen molar-refractivity contribution in [3.8, 4) is 0 Å². The van der Waals surface area contributed by atoms with Crippen LogP contribution in [0.1, 0.15) is 43.9 Å². The second kappa shape index (κ2) is 4.98. The zero-order chi connectivity index (χ0) is 15.1. The van der Waals surface area contributed by atoms with E-state index in [9.17, 15) is 17.4 Å². The Morgan fingerprint density at radius 3 is 2.35 bits per heavy atom. The van der Waals surface area contributed by atoms with Crippen molar-refractivity contribution in [1.82, 2.24) is 0 Å². The molecule has 0 aromatic heterocycles. The molecule has 0 N–H and O–H groups in total. The molecule has 0 heterocycles. The van der Waals surface area contributed by atoms with E-state index in [0.29, 0.717) is 24.1 Å². The summed E-state index contributed by atoms with van der Waals surface area (Å²) in [6.45, 7) is 5.36. The van der Waals surface area contributed by atoms with Crippen LogP contribution in [0, 0.1) is 0 Å². The summed E-state index contributed by atoms with van der Waals surface area (Å²) in [5, 5.41) is 0. The van der Waals surface area contributed by atoms with Crippen molar-refractivity contribution < 1.29 is 17.4 Å². The quantitative estimate of drug-likeness (QED) is 0.773. The van der Waals surface area contributed by atoms with E-state index in [-0.39, 0.29) is 0 Å². The summed E-state index contributed by atoms with van der Waals surface area (Å²) < 4.78 is 53.8. The van der Waals surface area contributed by atoms with Gasteiger partial charge in [0.1, 0.15) is 11.0 Å². The highest BCUT2D eigenvalue weighted by Gasteiger charge is 2.32. The van der Waals surface area contributed by atoms with E-state index in [2.05, 4.69) is 4.40 Å². The van der Waals surface area contributed by atoms with Crippen LogP contribution in [0.4, 0.5) is 13.2 Å². The average Bonchev–Trinajstić information content (AvgIpc) is 2.69. The van der Waals surface area contributed by atoms with Crippen molar-refractivity contribution >= 4 is 16.7 Å². The van der Waals surface area contributed by atoms with Crippen LogP contribution in [-0.4, -0.2) is 14.7 Å². The predicted molar refractivity (Wildman–Crippen MR) is 74.2 cm³/mol. The number of rotatable bonds is 1. The Labute approximate surface area is 118 Å². The number of aryl methyl sites for hydroxylation is 1. The normalized spacial score (nSPS) is 19.2. The molecule has 1 aromatic carbocycles. The molecule has 2 nitrogen and oxygen atoms in total. The van der Waals surface area contributed by atoms with E-state index in [0.717, 1.165) is 17.7 Å². The van der Waals surface area contributed by atoms with E-state index < -0.39 is 27.5 Å². The molecule has 1 aliphatic rings. The van der Waals surface area contributed by atoms with Gasteiger partial charge in [-0.3, -0.25) is 0 Å². The zero-order valence-corrected chi connectivity index (χ0v) is 12.4. The van der Waals surface area contributed by atoms with Gasteiger partial charge >= 0.3 is 6.18 Å². The van der Waals surface area contributed by atoms with Gasteiger partial charge in [-0.25, -0.2) is 4.21 Å². The maximum Gasteiger partial charge on any atom is 0.416 e. The van der Waals surface area contributed by atoms with Crippen molar-refractivity contribution in [3.05, 3.63) is 34.9 Å². The Kier molecular flexibility index (Phi) is 3.79. The molecule has 0 spiro atoms. The molecule has 0 amide bonds. The Bertz CT molecular complexity index is 585. The molecule has 1 atom stereocenters. The predicted octanol–water partition coefficient (Wildman–Crippen LogP) is 3.90. The summed E-state index contributed by atoms with van der Waals surface area (Å²) in [7, 11) is -1.46. The van der Waals surface area contributed by atoms with Gasteiger partial charge in [0.2, 0.25) is 0 Å². The number of fused-ring (bicyclic) bond motifs is 1. The molecule has 0 saturated carbocycles. The molecule has 20 heavy (non-hydrogen) atoms. The van der Waals surface area contributed by atoms with Crippen LogP contribution >= 0.6 is 0 Å². The van der Waals surface area contributed by atoms with E-state index in [1.807, 2.05) is 0 Å². The molecule has 1 aromatic rings. The third-order valence-corrected chi connectivity index (χ3v) is 4.53. The monoisotopic (exact) mass is 303 g/mol. The van der Waals surface area contributed by atoms with E-state index >= 15 is 0 Å². The van der Waals surface area contributed by atoms with Gasteiger partial charge in [0.05, 0.1) is 16.0 Å². The molecule has 0 fully saturated rings. The van der Waals surface area contributed by atoms with Crippen molar-refractivity contribution in [3.63, 3.8) is 0 Å². The fourth-order valence-electron chi connectivity index (χ4n) is 1.96. The van der Waals surface area contributed by atoms with Crippen molar-refractivity contribution in [2.75, 3.05) is 0 Å². The SMILES string of the molecule is CC(C)(C)[S@](=O)N=C1CCc2ccc(C(F)(F)F)cc21. The van der Waals surface area contributed by atoms with Gasteiger partial charge in [0, 0.05) is 5.56 Å². The van der Waals surface area contributed by atoms with Gasteiger partial charge in [-0.2, -0.15) is 17.6 Å². The first kappa shape index (κ1) is 15.2. The Morgan fingerprint density at radius 1 is 1.15 bits per heavy atom. The van der Waals surface area contributed by atoms with Gasteiger partial charge in [0.15, 0.2) is 0 Å². The second-order valence-electron chi connectivity index (χ2n) is 5.77. The lowest BCUT2D eigenvalue weighted by molar-refractivity contribution is -0.137. The summed E-state index contributed by atoms with van der Waals surface area (Å²) in [6, 6.07) is 3.68. The fourth-order valence-corrected chi connectivity index (χ4v) is 2.62. The topological polar surface area (TPSA) is 29.4 Å². The summed E-state index contributed by atoms with van der Waals surface area (Å²) >= 11 is 0. The average molecular weight is 303 g/mol. The Balaban J connectivity index is 2.42. The number of halogens is 3. The first-order valence-corrected chi connectivity index (χ1v) is 7.40. The van der Waals surface area contributed by atoms with Crippen LogP contribution in [-0.2, 0) is 23.6 Å². The van der Waals surface area contributed by atoms with Gasteiger partial charge in [-0.05, 0) is 51.3 Å². The molecule has 1 aliphatic carbocycles. The van der Waals surface area contributed by atoms with Crippen molar-refractivity contribution in [1.29, 1.82) is 0 Å². The van der Waals surface area contributed by atoms with Crippen molar-refractivity contribution in [2.24, 2.45) is 4.40 Å². The third kappa shape index (κ3) is 3.11. The molecule has 0 aliphatic heterocycles. The van der Waals surface area contributed by atoms with Gasteiger partial charge in [-0.1, -0.05) is 6.07 Å². The first-order chi connectivity index (χ1) is 9.09. The number of hydrogen-bond donors (Lipinski definition) is 0. The fraction of sp³-hybridized carbons (Fsp3) is 0.500. The highest BCUT2D eigenvalue weighted by molar-refractivity contribution is 7.85. The van der Waals surface area contributed by atoms with Crippen LogP contribution in [0.3, 0.4) is 0 Å². The molecule has 0 bridgehead atoms. The van der Waals surface area contributed by atoms with Crippen LogP contribution in [0.2, 0.25) is 0 Å². The highest BCUT2D eigenvalue weighted by Crippen LogP contribution is 2.33. The molecule has 0 saturated heterocycles. The van der Waals surface area contributed by atoms with Crippen LogP contribution in [0.15, 0.2) is 22.6 Å². The Hall–Kier alpha value is -1.17. The lowest BCUT2D eigenvalue weighted by Crippen LogP contribution is -2.20. The molecule has 0 radical (unpaired) electrons. The number of hydrogen-bond acceptors (Lipinski definition) is 1. The van der Waals surface area contributed by atoms with Gasteiger partial charge in [-0.15, -0.1) is 0 Å². The number of alkyl halides is 3. The van der Waals surface area contributed by atoms with Gasteiger partial charge in [0.25, 0.3) is 0 Å².